The molecule has 0 saturated heterocycles. The van der Waals surface area contributed by atoms with E-state index in [1.54, 1.807) is 24.3 Å². The highest BCUT2D eigenvalue weighted by Gasteiger charge is 2.19. The van der Waals surface area contributed by atoms with Crippen molar-refractivity contribution in [3.05, 3.63) is 81.9 Å². The highest BCUT2D eigenvalue weighted by Crippen LogP contribution is 2.31. The number of furan rings is 1. The number of halogens is 1. The fourth-order valence-electron chi connectivity index (χ4n) is 2.35. The summed E-state index contributed by atoms with van der Waals surface area (Å²) >= 11 is 0. The monoisotopic (exact) mass is 368 g/mol. The van der Waals surface area contributed by atoms with Gasteiger partial charge in [-0.25, -0.2) is 9.82 Å². The van der Waals surface area contributed by atoms with Gasteiger partial charge in [-0.2, -0.15) is 5.10 Å². The summed E-state index contributed by atoms with van der Waals surface area (Å²) in [6.07, 6.45) is 1.23. The second-order valence-electron chi connectivity index (χ2n) is 5.41. The minimum Gasteiger partial charge on any atom is -0.455 e. The Kier molecular flexibility index (Phi) is 4.93. The number of nitro groups is 1. The molecule has 1 aromatic heterocycles. The number of nitro benzene ring substituents is 1. The van der Waals surface area contributed by atoms with Gasteiger partial charge < -0.3 is 10.2 Å². The number of nitrogens with one attached hydrogen (secondary N) is 1. The minimum absolute atomic E-state index is 0.127. The van der Waals surface area contributed by atoms with Crippen LogP contribution >= 0.6 is 0 Å². The van der Waals surface area contributed by atoms with Crippen molar-refractivity contribution in [2.24, 2.45) is 5.10 Å². The molecule has 3 rings (SSSR count). The Hall–Kier alpha value is -4.01. The predicted octanol–water partition coefficient (Wildman–Crippen LogP) is 3.34. The second kappa shape index (κ2) is 7.48. The van der Waals surface area contributed by atoms with Gasteiger partial charge in [-0.15, -0.1) is 0 Å². The SMILES string of the molecule is Nc1ccccc1C(=O)N/N=C\c1ccc(-c2ccc(F)cc2[N+](=O)[O-])o1. The fourth-order valence-corrected chi connectivity index (χ4v) is 2.35. The van der Waals surface area contributed by atoms with Gasteiger partial charge in [0, 0.05) is 5.69 Å². The quantitative estimate of drug-likeness (QED) is 0.309. The topological polar surface area (TPSA) is 124 Å². The van der Waals surface area contributed by atoms with Crippen molar-refractivity contribution in [2.45, 2.75) is 0 Å². The molecule has 1 heterocycles. The van der Waals surface area contributed by atoms with Gasteiger partial charge in [0.05, 0.1) is 28.3 Å². The Morgan fingerprint density at radius 2 is 2.00 bits per heavy atom. The zero-order valence-corrected chi connectivity index (χ0v) is 13.8. The summed E-state index contributed by atoms with van der Waals surface area (Å²) in [6, 6.07) is 12.7. The molecule has 0 aliphatic carbocycles. The third kappa shape index (κ3) is 3.98. The number of nitrogens with two attached hydrogens (primary N) is 1. The van der Waals surface area contributed by atoms with Gasteiger partial charge in [-0.3, -0.25) is 14.9 Å². The van der Waals surface area contributed by atoms with Crippen LogP contribution in [0.25, 0.3) is 11.3 Å². The van der Waals surface area contributed by atoms with Crippen LogP contribution in [0.5, 0.6) is 0 Å². The second-order valence-corrected chi connectivity index (χ2v) is 5.41. The highest BCUT2D eigenvalue weighted by atomic mass is 19.1. The van der Waals surface area contributed by atoms with Gasteiger partial charge in [0.15, 0.2) is 0 Å². The van der Waals surface area contributed by atoms with E-state index in [-0.39, 0.29) is 22.6 Å². The van der Waals surface area contributed by atoms with Crippen LogP contribution in [0.3, 0.4) is 0 Å². The molecule has 0 aliphatic heterocycles. The molecule has 0 bridgehead atoms. The van der Waals surface area contributed by atoms with Crippen molar-refractivity contribution in [2.75, 3.05) is 5.73 Å². The van der Waals surface area contributed by atoms with Crippen LogP contribution in [0.15, 0.2) is 64.1 Å². The molecule has 3 N–H and O–H groups in total. The maximum absolute atomic E-state index is 13.2. The van der Waals surface area contributed by atoms with Gasteiger partial charge in [0.25, 0.3) is 11.6 Å². The van der Waals surface area contributed by atoms with E-state index in [0.29, 0.717) is 5.69 Å². The smallest absolute Gasteiger partial charge is 0.283 e. The summed E-state index contributed by atoms with van der Waals surface area (Å²) < 4.78 is 18.7. The third-order valence-corrected chi connectivity index (χ3v) is 3.61. The molecule has 136 valence electrons. The van der Waals surface area contributed by atoms with Crippen LogP contribution in [0, 0.1) is 15.9 Å². The van der Waals surface area contributed by atoms with Crippen molar-refractivity contribution in [3.63, 3.8) is 0 Å². The van der Waals surface area contributed by atoms with Crippen LogP contribution < -0.4 is 11.2 Å². The Morgan fingerprint density at radius 1 is 1.22 bits per heavy atom. The van der Waals surface area contributed by atoms with Crippen LogP contribution in [-0.4, -0.2) is 17.0 Å². The van der Waals surface area contributed by atoms with Crippen molar-refractivity contribution in [1.82, 2.24) is 5.43 Å². The fraction of sp³-hybridized carbons (Fsp3) is 0. The average molecular weight is 368 g/mol. The van der Waals surface area contributed by atoms with E-state index in [0.717, 1.165) is 12.1 Å². The predicted molar refractivity (Wildman–Crippen MR) is 96.7 cm³/mol. The number of carbonyl (C=O) groups is 1. The lowest BCUT2D eigenvalue weighted by Gasteiger charge is -2.02. The van der Waals surface area contributed by atoms with Gasteiger partial charge in [-0.05, 0) is 36.4 Å². The van der Waals surface area contributed by atoms with Crippen LogP contribution in [-0.2, 0) is 0 Å². The lowest BCUT2D eigenvalue weighted by atomic mass is 10.1. The van der Waals surface area contributed by atoms with E-state index in [2.05, 4.69) is 10.5 Å². The molecule has 0 fully saturated rings. The first-order chi connectivity index (χ1) is 13.0. The molecule has 0 spiro atoms. The first kappa shape index (κ1) is 17.8. The Labute approximate surface area is 152 Å². The summed E-state index contributed by atoms with van der Waals surface area (Å²) in [4.78, 5) is 22.4. The van der Waals surface area contributed by atoms with E-state index >= 15 is 0 Å². The van der Waals surface area contributed by atoms with E-state index < -0.39 is 22.3 Å². The normalized spacial score (nSPS) is 10.9. The van der Waals surface area contributed by atoms with Gasteiger partial charge in [0.2, 0.25) is 0 Å². The number of rotatable bonds is 5. The summed E-state index contributed by atoms with van der Waals surface area (Å²) in [5, 5.41) is 14.8. The number of amides is 1. The van der Waals surface area contributed by atoms with E-state index in [4.69, 9.17) is 10.2 Å². The minimum atomic E-state index is -0.721. The molecule has 0 saturated carbocycles. The van der Waals surface area contributed by atoms with E-state index in [1.807, 2.05) is 0 Å². The number of nitrogen functional groups attached to an aromatic ring is 1. The molecule has 0 radical (unpaired) electrons. The highest BCUT2D eigenvalue weighted by molar-refractivity contribution is 5.99. The molecular formula is C18H13FN4O4. The van der Waals surface area contributed by atoms with Gasteiger partial charge in [0.1, 0.15) is 17.3 Å². The first-order valence-corrected chi connectivity index (χ1v) is 7.68. The molecule has 0 unspecified atom stereocenters. The largest absolute Gasteiger partial charge is 0.455 e. The molecule has 9 heteroatoms. The third-order valence-electron chi connectivity index (χ3n) is 3.61. The van der Waals surface area contributed by atoms with Crippen LogP contribution in [0.4, 0.5) is 15.8 Å². The Morgan fingerprint density at radius 3 is 2.74 bits per heavy atom. The first-order valence-electron chi connectivity index (χ1n) is 7.68. The van der Waals surface area contributed by atoms with Crippen LogP contribution in [0.1, 0.15) is 16.1 Å². The summed E-state index contributed by atoms with van der Waals surface area (Å²) in [5.41, 5.74) is 8.32. The van der Waals surface area contributed by atoms with Gasteiger partial charge >= 0.3 is 0 Å². The van der Waals surface area contributed by atoms with E-state index in [1.165, 1.54) is 24.4 Å². The zero-order chi connectivity index (χ0) is 19.4. The van der Waals surface area contributed by atoms with E-state index in [9.17, 15) is 19.3 Å². The number of hydrazone groups is 1. The number of hydrogen-bond acceptors (Lipinski definition) is 6. The summed E-state index contributed by atoms with van der Waals surface area (Å²) in [5.74, 6) is -0.807. The number of anilines is 1. The maximum atomic E-state index is 13.2. The molecule has 0 aliphatic rings. The standard InChI is InChI=1S/C18H13FN4O4/c19-11-5-7-14(16(9-11)23(25)26)17-8-6-12(27-17)10-21-22-18(24)13-3-1-2-4-15(13)20/h1-10H,20H2,(H,22,24)/b21-10-. The maximum Gasteiger partial charge on any atom is 0.283 e. The van der Waals surface area contributed by atoms with Gasteiger partial charge in [-0.1, -0.05) is 12.1 Å². The molecule has 27 heavy (non-hydrogen) atoms. The zero-order valence-electron chi connectivity index (χ0n) is 13.8. The van der Waals surface area contributed by atoms with Crippen LogP contribution in [0.2, 0.25) is 0 Å². The summed E-state index contributed by atoms with van der Waals surface area (Å²) in [7, 11) is 0. The Balaban J connectivity index is 1.75. The molecule has 8 nitrogen and oxygen atoms in total. The molecule has 0 atom stereocenters. The molecule has 3 aromatic rings. The lowest BCUT2D eigenvalue weighted by Crippen LogP contribution is -2.18. The Bertz CT molecular complexity index is 1050. The number of hydrogen-bond donors (Lipinski definition) is 2. The van der Waals surface area contributed by atoms with Crippen molar-refractivity contribution in [3.8, 4) is 11.3 Å². The number of carbonyl (C=O) groups excluding carboxylic acids is 1. The number of nitrogens with zero attached hydrogens (tertiary/aromatic N) is 2. The number of para-hydroxylation sites is 1. The van der Waals surface area contributed by atoms with Crippen molar-refractivity contribution in [1.29, 1.82) is 0 Å². The lowest BCUT2D eigenvalue weighted by molar-refractivity contribution is -0.384. The molecule has 1 amide bonds. The van der Waals surface area contributed by atoms with Crippen molar-refractivity contribution >= 4 is 23.5 Å². The molecular weight excluding hydrogens is 355 g/mol. The number of benzene rings is 2. The van der Waals surface area contributed by atoms with Crippen molar-refractivity contribution < 1.29 is 18.5 Å². The average Bonchev–Trinajstić information content (AvgIpc) is 3.10. The summed E-state index contributed by atoms with van der Waals surface area (Å²) in [6.45, 7) is 0. The molecule has 2 aromatic carbocycles.